The fourth-order valence-electron chi connectivity index (χ4n) is 8.93. The molecule has 7 atom stereocenters. The average Bonchev–Trinajstić information content (AvgIpc) is 3.25. The van der Waals surface area contributed by atoms with E-state index in [0.717, 1.165) is 21.6 Å². The molecule has 0 aromatic rings. The van der Waals surface area contributed by atoms with Gasteiger partial charge in [-0.25, -0.2) is 9.69 Å². The van der Waals surface area contributed by atoms with E-state index in [9.17, 15) is 14.4 Å². The van der Waals surface area contributed by atoms with E-state index in [1.807, 2.05) is 19.9 Å². The average molecular weight is 1310 g/mol. The zero-order chi connectivity index (χ0) is 57.3. The van der Waals surface area contributed by atoms with Crippen LogP contribution in [0.25, 0.3) is 0 Å². The van der Waals surface area contributed by atoms with Crippen molar-refractivity contribution in [2.75, 3.05) is 13.4 Å². The molecule has 2 amide bonds. The van der Waals surface area contributed by atoms with Crippen molar-refractivity contribution < 1.29 is 42.2 Å². The first-order valence-corrected chi connectivity index (χ1v) is 46.7. The van der Waals surface area contributed by atoms with Crippen molar-refractivity contribution in [3.8, 4) is 0 Å². The van der Waals surface area contributed by atoms with Crippen LogP contribution in [0.1, 0.15) is 169 Å². The summed E-state index contributed by atoms with van der Waals surface area (Å²) >= 11 is -0.407. The van der Waals surface area contributed by atoms with Crippen LogP contribution in [0.4, 0.5) is 4.79 Å². The topological polar surface area (TPSA) is 110 Å². The summed E-state index contributed by atoms with van der Waals surface area (Å²) in [6.45, 7) is 52.1. The van der Waals surface area contributed by atoms with Crippen LogP contribution in [-0.4, -0.2) is 115 Å². The number of hydrogen-bond acceptors (Lipinski definition) is 9. The van der Waals surface area contributed by atoms with E-state index in [1.165, 1.54) is 63.7 Å². The number of likely N-dealkylation sites (tertiary alicyclic amines) is 1. The van der Waals surface area contributed by atoms with E-state index >= 15 is 0 Å². The number of allylic oxidation sites excluding steroid dienone is 3. The molecule has 0 radical (unpaired) electrons. The summed E-state index contributed by atoms with van der Waals surface area (Å²) in [4.78, 5) is 42.7. The van der Waals surface area contributed by atoms with Gasteiger partial charge < -0.3 is 9.47 Å². The third-order valence-corrected chi connectivity index (χ3v) is 41.0. The second-order valence-corrected chi connectivity index (χ2v) is 57.1. The number of nitrogens with zero attached hydrogens (tertiary/aromatic N) is 1. The van der Waals surface area contributed by atoms with E-state index in [0.29, 0.717) is 13.0 Å². The second kappa shape index (κ2) is 30.8. The fourth-order valence-corrected chi connectivity index (χ4v) is 27.1. The molecule has 1 aliphatic rings. The Kier molecular flexibility index (Phi) is 29.7. The van der Waals surface area contributed by atoms with Gasteiger partial charge >= 0.3 is 253 Å². The Labute approximate surface area is 475 Å². The van der Waals surface area contributed by atoms with E-state index in [1.54, 1.807) is 27.7 Å². The molecule has 1 saturated heterocycles. The molecule has 10 nitrogen and oxygen atoms in total. The van der Waals surface area contributed by atoms with Crippen LogP contribution in [0.15, 0.2) is 43.6 Å². The molecular weight excluding hydrogens is 1200 g/mol. The molecule has 1 heterocycles. The number of β-lactam (4-membered cyclic amide) rings is 1. The first-order valence-electron chi connectivity index (χ1n) is 28.4. The molecule has 0 unspecified atom stereocenters. The Morgan fingerprint density at radius 1 is 0.797 bits per heavy atom. The molecule has 74 heavy (non-hydrogen) atoms. The zero-order valence-corrected chi connectivity index (χ0v) is 59.8. The first kappa shape index (κ1) is 71.4. The maximum absolute atomic E-state index is 14.6. The van der Waals surface area contributed by atoms with Gasteiger partial charge in [0.2, 0.25) is 5.91 Å². The summed E-state index contributed by atoms with van der Waals surface area (Å²) in [5.41, 5.74) is -1.02. The van der Waals surface area contributed by atoms with Crippen molar-refractivity contribution in [1.82, 2.24) is 4.90 Å². The Morgan fingerprint density at radius 3 is 1.76 bits per heavy atom. The minimum absolute atomic E-state index is 0.00933. The van der Waals surface area contributed by atoms with Gasteiger partial charge in [-0.2, -0.15) is 0 Å². The van der Waals surface area contributed by atoms with Crippen LogP contribution in [0, 0.1) is 11.3 Å². The molecule has 0 aromatic heterocycles. The SMILES string of the molecule is CCC[CH2][Sn](/[CH]=C/[C@H](C/C=C(C)/C=C/[C@H](C[C@@H](O[Si](C)(C)C(C)(C)C)[C@H](C)[C@H](OC(C)=O)[C@@]1(C)C(=O)N(C(=O)OC(C)(C)C)[C@@H]1/C=C(\C)I)OCOCC[Si](C)(C)C)O[Si](C)(C)C(C)(C)C)([CH2]CCC)[CH2]CCC. The van der Waals surface area contributed by atoms with Gasteiger partial charge in [-0.1, -0.05) is 53.4 Å². The van der Waals surface area contributed by atoms with Gasteiger partial charge in [0.1, 0.15) is 17.1 Å². The molecular formula is C59H112INO9Si3Sn. The summed E-state index contributed by atoms with van der Waals surface area (Å²) in [5, 5.41) is -0.0856. The molecule has 15 heteroatoms. The standard InChI is InChI=1S/C47H85INO9Si3.3C4H9.Sn/c1-23-37(57-60(19,20)45(9,10)11)26-24-33(2)25-27-38(54-32-53-28-29-59(16,17)18)31-39(58-61(21,22)46(12,13)14)35(4)41(55-36(5)50)47(15)40(30-34(3)48)49(42(47)51)43(52)56-44(6,7)8;3*1-3-4-2;/h1,23-25,27,30,35,37-41H,26,28-29,31-32H2,2-22H3;3*1,3-4H2,2H3;/b23-1?,27-25+,33-24+,34-30+;;;;/t35-,37+,38+,39+,40+,41-,47-;;;;/m0..../s1. The fraction of sp³-hybridized carbons (Fsp3) is 0.814. The normalized spacial score (nSPS) is 20.2. The molecule has 0 saturated carbocycles. The summed E-state index contributed by atoms with van der Waals surface area (Å²) in [5.74, 6) is -1.48. The number of esters is 1. The quantitative estimate of drug-likeness (QED) is 0.0124. The first-order chi connectivity index (χ1) is 33.7. The predicted octanol–water partition coefficient (Wildman–Crippen LogP) is 17.8. The molecule has 430 valence electrons. The molecule has 1 aliphatic heterocycles. The number of imide groups is 1. The van der Waals surface area contributed by atoms with E-state index in [-0.39, 0.29) is 23.0 Å². The summed E-state index contributed by atoms with van der Waals surface area (Å²) < 4.78 is 47.6. The van der Waals surface area contributed by atoms with Gasteiger partial charge in [-0.3, -0.25) is 9.59 Å². The van der Waals surface area contributed by atoms with Crippen molar-refractivity contribution in [2.24, 2.45) is 11.3 Å². The van der Waals surface area contributed by atoms with Gasteiger partial charge in [0, 0.05) is 21.6 Å². The monoisotopic (exact) mass is 1310 g/mol. The molecule has 1 fully saturated rings. The zero-order valence-electron chi connectivity index (χ0n) is 51.8. The van der Waals surface area contributed by atoms with Crippen molar-refractivity contribution in [2.45, 2.75) is 280 Å². The summed E-state index contributed by atoms with van der Waals surface area (Å²) in [7, 11) is -5.98. The number of amides is 2. The maximum atomic E-state index is 14.6. The van der Waals surface area contributed by atoms with E-state index < -0.39 is 102 Å². The van der Waals surface area contributed by atoms with Gasteiger partial charge in [0.25, 0.3) is 0 Å². The number of ether oxygens (including phenoxy) is 4. The molecule has 0 N–H and O–H groups in total. The number of hydrogen-bond donors (Lipinski definition) is 0. The third kappa shape index (κ3) is 23.6. The molecule has 1 rings (SSSR count). The van der Waals surface area contributed by atoms with Crippen molar-refractivity contribution >= 4 is 83.6 Å². The molecule has 0 aromatic carbocycles. The Hall–Kier alpha value is -0.611. The van der Waals surface area contributed by atoms with Crippen molar-refractivity contribution in [3.05, 3.63) is 43.6 Å². The van der Waals surface area contributed by atoms with Crippen LogP contribution < -0.4 is 0 Å². The Bertz CT molecular complexity index is 1850. The van der Waals surface area contributed by atoms with Crippen molar-refractivity contribution in [1.29, 1.82) is 0 Å². The summed E-state index contributed by atoms with van der Waals surface area (Å²) in [6.07, 6.45) is 17.2. The van der Waals surface area contributed by atoms with E-state index in [4.69, 9.17) is 27.8 Å². The van der Waals surface area contributed by atoms with Crippen LogP contribution in [0.3, 0.4) is 0 Å². The number of halogens is 1. The Balaban J connectivity index is 4.05. The van der Waals surface area contributed by atoms with Crippen molar-refractivity contribution in [3.63, 3.8) is 0 Å². The molecule has 0 aliphatic carbocycles. The second-order valence-electron chi connectivity index (χ2n) is 27.2. The number of unbranched alkanes of at least 4 members (excludes halogenated alkanes) is 3. The number of carbonyl (C=O) groups is 3. The summed E-state index contributed by atoms with van der Waals surface area (Å²) in [6, 6.07) is 0.286. The molecule has 0 spiro atoms. The third-order valence-electron chi connectivity index (χ3n) is 15.8. The predicted molar refractivity (Wildman–Crippen MR) is 332 cm³/mol. The van der Waals surface area contributed by atoms with Crippen LogP contribution in [0.5, 0.6) is 0 Å². The van der Waals surface area contributed by atoms with Gasteiger partial charge in [0.05, 0.1) is 6.04 Å². The van der Waals surface area contributed by atoms with Gasteiger partial charge in [0.15, 0.2) is 8.32 Å². The molecule has 0 bridgehead atoms. The number of carbonyl (C=O) groups excluding carboxylic acids is 3. The van der Waals surface area contributed by atoms with Gasteiger partial charge in [-0.15, -0.1) is 0 Å². The van der Waals surface area contributed by atoms with Crippen LogP contribution >= 0.6 is 22.6 Å². The van der Waals surface area contributed by atoms with Crippen LogP contribution in [-0.2, 0) is 37.4 Å². The van der Waals surface area contributed by atoms with Crippen LogP contribution in [0.2, 0.25) is 75.3 Å². The Morgan fingerprint density at radius 2 is 1.31 bits per heavy atom. The minimum atomic E-state index is -2.60. The number of rotatable bonds is 32. The van der Waals surface area contributed by atoms with Gasteiger partial charge in [-0.05, 0) is 85.0 Å². The van der Waals surface area contributed by atoms with E-state index in [2.05, 4.69) is 166 Å².